The first-order valence-corrected chi connectivity index (χ1v) is 23.6. The molecule has 2 N–H and O–H groups in total. The Morgan fingerprint density at radius 3 is 1.64 bits per heavy atom. The van der Waals surface area contributed by atoms with Crippen molar-refractivity contribution >= 4 is 18.0 Å². The molecule has 2 aliphatic rings. The highest BCUT2D eigenvalue weighted by atomic mass is 16.6. The first kappa shape index (κ1) is 48.7. The van der Waals surface area contributed by atoms with Gasteiger partial charge in [-0.25, -0.2) is 14.8 Å². The molecule has 0 aliphatic carbocycles. The standard InChI is InChI=1S/C31H30N2O6.C25H28N2O4/c1-21-28(32-29(38-21)23-8-4-2-5-9-23)16-17-37-26-14-12-22(13-15-26)18-25-19-24(30(34)35)20-33(25)31(36)39-27-10-6-3-7-11-27;1-17-23(27-24(31-17)19-6-4-3-5-7-19)12-13-30-22-10-8-18(9-11-22)14-21-15-20(16-26-21)25(28)29-2/h2-15,24-25H,16-20H2,1H3,(H,34,35);3-11,20-21,26H,12-16H2,1-2H3/t24-,25-;20-,21-/m11/s1. The molecule has 4 atom stereocenters. The van der Waals surface area contributed by atoms with Gasteiger partial charge in [0.2, 0.25) is 11.8 Å². The number of hydrogen-bond acceptors (Lipinski definition) is 12. The number of esters is 1. The van der Waals surface area contributed by atoms with Crippen LogP contribution in [0.2, 0.25) is 0 Å². The maximum absolute atomic E-state index is 12.9. The van der Waals surface area contributed by atoms with Crippen molar-refractivity contribution in [3.05, 3.63) is 174 Å². The zero-order valence-electron chi connectivity index (χ0n) is 39.6. The van der Waals surface area contributed by atoms with Crippen molar-refractivity contribution in [2.24, 2.45) is 11.8 Å². The van der Waals surface area contributed by atoms with Gasteiger partial charge in [-0.1, -0.05) is 78.9 Å². The maximum Gasteiger partial charge on any atom is 0.415 e. The van der Waals surface area contributed by atoms with Crippen molar-refractivity contribution in [3.8, 4) is 40.2 Å². The molecule has 0 spiro atoms. The number of nitrogens with zero attached hydrogens (tertiary/aromatic N) is 3. The van der Waals surface area contributed by atoms with Gasteiger partial charge in [0.05, 0.1) is 43.5 Å². The number of carboxylic acid groups (broad SMARTS) is 1. The topological polar surface area (TPSA) is 176 Å². The zero-order chi connectivity index (χ0) is 48.8. The van der Waals surface area contributed by atoms with Gasteiger partial charge >= 0.3 is 18.0 Å². The second kappa shape index (κ2) is 23.5. The van der Waals surface area contributed by atoms with Crippen molar-refractivity contribution in [1.29, 1.82) is 0 Å². The van der Waals surface area contributed by atoms with Crippen LogP contribution >= 0.6 is 0 Å². The predicted octanol–water partition coefficient (Wildman–Crippen LogP) is 9.75. The van der Waals surface area contributed by atoms with Gasteiger partial charge in [0.15, 0.2) is 0 Å². The Labute approximate surface area is 407 Å². The molecule has 362 valence electrons. The molecule has 9 rings (SSSR count). The van der Waals surface area contributed by atoms with Crippen LogP contribution in [-0.4, -0.2) is 83.5 Å². The SMILES string of the molecule is COC(=O)[C@H]1CN[C@H](Cc2ccc(OCCc3nc(-c4ccccc4)oc3C)cc2)C1.Cc1oc(-c2ccccc2)nc1CCOc1ccc(C[C@@H]2C[C@@H](C(=O)O)CN2C(=O)Oc2ccccc2)cc1. The number of hydrogen-bond donors (Lipinski definition) is 2. The molecule has 2 aliphatic heterocycles. The molecule has 0 saturated carbocycles. The summed E-state index contributed by atoms with van der Waals surface area (Å²) in [7, 11) is 1.44. The fraction of sp³-hybridized carbons (Fsp3) is 0.304. The number of carbonyl (C=O) groups is 3. The van der Waals surface area contributed by atoms with Crippen molar-refractivity contribution in [2.75, 3.05) is 33.4 Å². The minimum Gasteiger partial charge on any atom is -0.493 e. The molecule has 2 fully saturated rings. The monoisotopic (exact) mass is 946 g/mol. The van der Waals surface area contributed by atoms with Crippen molar-refractivity contribution in [2.45, 2.75) is 64.5 Å². The molecule has 1 amide bonds. The number of carbonyl (C=O) groups excluding carboxylic acids is 2. The highest BCUT2D eigenvalue weighted by Gasteiger charge is 2.40. The number of carboxylic acids is 1. The van der Waals surface area contributed by atoms with E-state index >= 15 is 0 Å². The Morgan fingerprint density at radius 2 is 1.14 bits per heavy atom. The number of aryl methyl sites for hydroxylation is 2. The molecule has 2 aromatic heterocycles. The Balaban J connectivity index is 0.000000193. The van der Waals surface area contributed by atoms with Crippen LogP contribution in [0.4, 0.5) is 4.79 Å². The molecule has 0 unspecified atom stereocenters. The van der Waals surface area contributed by atoms with E-state index in [0.29, 0.717) is 69.0 Å². The smallest absolute Gasteiger partial charge is 0.415 e. The van der Waals surface area contributed by atoms with Crippen LogP contribution in [0.25, 0.3) is 22.9 Å². The second-order valence-corrected chi connectivity index (χ2v) is 17.5. The highest BCUT2D eigenvalue weighted by Crippen LogP contribution is 2.29. The summed E-state index contributed by atoms with van der Waals surface area (Å²) in [6.07, 6.45) is 3.36. The van der Waals surface area contributed by atoms with Crippen LogP contribution in [0.15, 0.2) is 148 Å². The van der Waals surface area contributed by atoms with Crippen LogP contribution in [0.3, 0.4) is 0 Å². The molecule has 0 radical (unpaired) electrons. The molecule has 0 bridgehead atoms. The number of oxazole rings is 2. The molecule has 70 heavy (non-hydrogen) atoms. The number of rotatable bonds is 17. The summed E-state index contributed by atoms with van der Waals surface area (Å²) < 4.78 is 33.8. The Kier molecular flexibility index (Phi) is 16.4. The average molecular weight is 947 g/mol. The lowest BCUT2D eigenvalue weighted by Gasteiger charge is -2.24. The van der Waals surface area contributed by atoms with Crippen LogP contribution < -0.4 is 19.5 Å². The van der Waals surface area contributed by atoms with Gasteiger partial charge in [-0.3, -0.25) is 9.59 Å². The largest absolute Gasteiger partial charge is 0.493 e. The van der Waals surface area contributed by atoms with Crippen molar-refractivity contribution in [3.63, 3.8) is 0 Å². The second-order valence-electron chi connectivity index (χ2n) is 17.5. The maximum atomic E-state index is 12.9. The Hall–Kier alpha value is -7.71. The van der Waals surface area contributed by atoms with E-state index in [9.17, 15) is 19.5 Å². The van der Waals surface area contributed by atoms with E-state index in [1.165, 1.54) is 17.6 Å². The summed E-state index contributed by atoms with van der Waals surface area (Å²) in [5.41, 5.74) is 5.89. The highest BCUT2D eigenvalue weighted by molar-refractivity contribution is 5.76. The lowest BCUT2D eigenvalue weighted by Crippen LogP contribution is -2.39. The van der Waals surface area contributed by atoms with Crippen LogP contribution in [0.1, 0.15) is 46.9 Å². The normalized spacial score (nSPS) is 17.3. The quantitative estimate of drug-likeness (QED) is 0.0826. The molecule has 2 saturated heterocycles. The van der Waals surface area contributed by atoms with Gasteiger partial charge < -0.3 is 43.1 Å². The summed E-state index contributed by atoms with van der Waals surface area (Å²) in [5, 5.41) is 13.0. The number of amides is 1. The minimum absolute atomic E-state index is 0.0417. The molecule has 7 aromatic rings. The van der Waals surface area contributed by atoms with Gasteiger partial charge in [0.25, 0.3) is 0 Å². The molecule has 5 aromatic carbocycles. The number of para-hydroxylation sites is 1. The third-order valence-electron chi connectivity index (χ3n) is 12.5. The van der Waals surface area contributed by atoms with Gasteiger partial charge in [-0.2, -0.15) is 0 Å². The first-order valence-electron chi connectivity index (χ1n) is 23.6. The average Bonchev–Trinajstić information content (AvgIpc) is 4.20. The Morgan fingerprint density at radius 1 is 0.643 bits per heavy atom. The summed E-state index contributed by atoms with van der Waals surface area (Å²) in [6, 6.07) is 44.3. The molecule has 14 nitrogen and oxygen atoms in total. The number of likely N-dealkylation sites (tertiary alicyclic amines) is 1. The van der Waals surface area contributed by atoms with Gasteiger partial charge in [-0.05, 0) is 111 Å². The van der Waals surface area contributed by atoms with E-state index in [4.69, 9.17) is 27.8 Å². The summed E-state index contributed by atoms with van der Waals surface area (Å²) in [5.74, 6) is 3.14. The minimum atomic E-state index is -0.906. The number of aromatic nitrogens is 2. The predicted molar refractivity (Wildman–Crippen MR) is 263 cm³/mol. The Bertz CT molecular complexity index is 2780. The zero-order valence-corrected chi connectivity index (χ0v) is 39.6. The van der Waals surface area contributed by atoms with Crippen molar-refractivity contribution in [1.82, 2.24) is 20.2 Å². The number of benzene rings is 5. The molecule has 14 heteroatoms. The molecular weight excluding hydrogens is 889 g/mol. The van der Waals surface area contributed by atoms with E-state index in [1.807, 2.05) is 117 Å². The summed E-state index contributed by atoms with van der Waals surface area (Å²) in [4.78, 5) is 47.0. The number of ether oxygens (including phenoxy) is 4. The van der Waals surface area contributed by atoms with E-state index in [-0.39, 0.29) is 24.5 Å². The van der Waals surface area contributed by atoms with Crippen LogP contribution in [0, 0.1) is 25.7 Å². The van der Waals surface area contributed by atoms with Crippen LogP contribution in [-0.2, 0) is 40.0 Å². The van der Waals surface area contributed by atoms with Gasteiger partial charge in [0.1, 0.15) is 28.8 Å². The fourth-order valence-electron chi connectivity index (χ4n) is 8.74. The van der Waals surface area contributed by atoms with Crippen LogP contribution in [0.5, 0.6) is 17.2 Å². The summed E-state index contributed by atoms with van der Waals surface area (Å²) in [6.45, 7) is 5.63. The molecular formula is C56H58N4O10. The third kappa shape index (κ3) is 13.1. The molecule has 4 heterocycles. The lowest BCUT2D eigenvalue weighted by molar-refractivity contribution is -0.145. The number of methoxy groups -OCH3 is 1. The van der Waals surface area contributed by atoms with E-state index in [1.54, 1.807) is 24.3 Å². The van der Waals surface area contributed by atoms with Gasteiger partial charge in [-0.15, -0.1) is 0 Å². The third-order valence-corrected chi connectivity index (χ3v) is 12.5. The van der Waals surface area contributed by atoms with E-state index in [0.717, 1.165) is 63.9 Å². The van der Waals surface area contributed by atoms with E-state index < -0.39 is 18.0 Å². The number of aliphatic carboxylic acids is 1. The summed E-state index contributed by atoms with van der Waals surface area (Å²) >= 11 is 0. The number of nitrogens with one attached hydrogen (secondary N) is 1. The van der Waals surface area contributed by atoms with Gasteiger partial charge in [0, 0.05) is 49.1 Å². The fourth-order valence-corrected chi connectivity index (χ4v) is 8.74. The van der Waals surface area contributed by atoms with E-state index in [2.05, 4.69) is 27.4 Å². The lowest BCUT2D eigenvalue weighted by atomic mass is 10.00. The first-order chi connectivity index (χ1) is 34.1. The van der Waals surface area contributed by atoms with Crippen molar-refractivity contribution < 1.29 is 47.3 Å².